The summed E-state index contributed by atoms with van der Waals surface area (Å²) in [5.74, 6) is 0.487. The topological polar surface area (TPSA) is 61.0 Å². The Bertz CT molecular complexity index is 560. The number of carbonyl (C=O) groups excluding carboxylic acids is 1. The normalized spacial score (nSPS) is 10.2. The summed E-state index contributed by atoms with van der Waals surface area (Å²) < 4.78 is 0. The Balaban J connectivity index is 2.19. The minimum Gasteiger partial charge on any atom is -0.378 e. The summed E-state index contributed by atoms with van der Waals surface area (Å²) in [6.45, 7) is 1.88. The molecule has 0 saturated carbocycles. The maximum atomic E-state index is 12.1. The lowest BCUT2D eigenvalue weighted by molar-refractivity contribution is 0.102. The average molecular weight is 244 g/mol. The number of rotatable bonds is 3. The highest BCUT2D eigenvalue weighted by Crippen LogP contribution is 2.15. The maximum Gasteiger partial charge on any atom is 0.256 e. The third-order valence-corrected chi connectivity index (χ3v) is 2.69. The monoisotopic (exact) mass is 244 g/mol. The maximum absolute atomic E-state index is 12.1. The standard InChI is InChI=1S/C13H16N4O/c1-9-8-14-16-12(9)15-13(18)10-5-4-6-11(7-10)17(2)3/h4-8H,1-3H3,(H2,14,15,16,18). The molecule has 0 saturated heterocycles. The molecular formula is C13H16N4O. The van der Waals surface area contributed by atoms with Gasteiger partial charge in [0, 0.05) is 30.9 Å². The zero-order valence-electron chi connectivity index (χ0n) is 10.7. The fourth-order valence-corrected chi connectivity index (χ4v) is 1.58. The van der Waals surface area contributed by atoms with E-state index < -0.39 is 0 Å². The molecule has 0 spiro atoms. The van der Waals surface area contributed by atoms with Gasteiger partial charge in [0.15, 0.2) is 0 Å². The highest BCUT2D eigenvalue weighted by Gasteiger charge is 2.09. The summed E-state index contributed by atoms with van der Waals surface area (Å²) in [4.78, 5) is 14.0. The Morgan fingerprint density at radius 1 is 1.39 bits per heavy atom. The third-order valence-electron chi connectivity index (χ3n) is 2.69. The van der Waals surface area contributed by atoms with Gasteiger partial charge in [-0.05, 0) is 25.1 Å². The van der Waals surface area contributed by atoms with Crippen LogP contribution >= 0.6 is 0 Å². The Morgan fingerprint density at radius 3 is 2.78 bits per heavy atom. The number of carbonyl (C=O) groups is 1. The quantitative estimate of drug-likeness (QED) is 0.868. The summed E-state index contributed by atoms with van der Waals surface area (Å²) in [6, 6.07) is 7.46. The van der Waals surface area contributed by atoms with E-state index in [1.807, 2.05) is 44.1 Å². The highest BCUT2D eigenvalue weighted by atomic mass is 16.1. The number of H-pyrrole nitrogens is 1. The molecule has 1 amide bonds. The van der Waals surface area contributed by atoms with Crippen LogP contribution in [0.3, 0.4) is 0 Å². The molecule has 1 aromatic heterocycles. The second-order valence-electron chi connectivity index (χ2n) is 4.33. The molecule has 18 heavy (non-hydrogen) atoms. The molecule has 0 atom stereocenters. The van der Waals surface area contributed by atoms with E-state index in [1.54, 1.807) is 12.3 Å². The smallest absolute Gasteiger partial charge is 0.256 e. The van der Waals surface area contributed by atoms with Crippen LogP contribution in [0.25, 0.3) is 0 Å². The molecule has 2 N–H and O–H groups in total. The summed E-state index contributed by atoms with van der Waals surface area (Å²) in [7, 11) is 3.88. The van der Waals surface area contributed by atoms with Crippen molar-refractivity contribution in [2.45, 2.75) is 6.92 Å². The average Bonchev–Trinajstić information content (AvgIpc) is 2.75. The zero-order valence-corrected chi connectivity index (χ0v) is 10.7. The number of nitrogens with one attached hydrogen (secondary N) is 2. The molecule has 0 aliphatic rings. The van der Waals surface area contributed by atoms with Gasteiger partial charge in [-0.15, -0.1) is 0 Å². The van der Waals surface area contributed by atoms with Crippen LogP contribution < -0.4 is 10.2 Å². The first-order valence-electron chi connectivity index (χ1n) is 5.66. The largest absolute Gasteiger partial charge is 0.378 e. The Hall–Kier alpha value is -2.30. The Morgan fingerprint density at radius 2 is 2.17 bits per heavy atom. The van der Waals surface area contributed by atoms with Gasteiger partial charge < -0.3 is 10.2 Å². The van der Waals surface area contributed by atoms with Crippen LogP contribution in [0, 0.1) is 6.92 Å². The van der Waals surface area contributed by atoms with Gasteiger partial charge in [-0.2, -0.15) is 5.10 Å². The molecule has 5 nitrogen and oxygen atoms in total. The predicted octanol–water partition coefficient (Wildman–Crippen LogP) is 2.04. The van der Waals surface area contributed by atoms with Crippen molar-refractivity contribution in [3.8, 4) is 0 Å². The van der Waals surface area contributed by atoms with Crippen LogP contribution in [0.2, 0.25) is 0 Å². The van der Waals surface area contributed by atoms with Crippen LogP contribution in [-0.4, -0.2) is 30.2 Å². The fraction of sp³-hybridized carbons (Fsp3) is 0.231. The fourth-order valence-electron chi connectivity index (χ4n) is 1.58. The first-order chi connectivity index (χ1) is 8.58. The summed E-state index contributed by atoms with van der Waals surface area (Å²) >= 11 is 0. The van der Waals surface area contributed by atoms with Gasteiger partial charge in [-0.3, -0.25) is 9.89 Å². The van der Waals surface area contributed by atoms with Crippen molar-refractivity contribution in [2.75, 3.05) is 24.3 Å². The van der Waals surface area contributed by atoms with E-state index in [0.29, 0.717) is 11.4 Å². The van der Waals surface area contributed by atoms with E-state index in [0.717, 1.165) is 11.3 Å². The van der Waals surface area contributed by atoms with Crippen molar-refractivity contribution in [3.05, 3.63) is 41.6 Å². The highest BCUT2D eigenvalue weighted by molar-refractivity contribution is 6.04. The van der Waals surface area contributed by atoms with Crippen LogP contribution in [0.5, 0.6) is 0 Å². The van der Waals surface area contributed by atoms with Gasteiger partial charge in [0.1, 0.15) is 5.82 Å². The molecule has 2 aromatic rings. The lowest BCUT2D eigenvalue weighted by Gasteiger charge is -2.13. The van der Waals surface area contributed by atoms with Crippen LogP contribution in [0.4, 0.5) is 11.5 Å². The number of aromatic nitrogens is 2. The van der Waals surface area contributed by atoms with Gasteiger partial charge >= 0.3 is 0 Å². The minimum atomic E-state index is -0.147. The van der Waals surface area contributed by atoms with Gasteiger partial charge in [0.25, 0.3) is 5.91 Å². The first kappa shape index (κ1) is 12.2. The van der Waals surface area contributed by atoms with Crippen molar-refractivity contribution >= 4 is 17.4 Å². The Kier molecular flexibility index (Phi) is 3.32. The SMILES string of the molecule is Cc1cn[nH]c1NC(=O)c1cccc(N(C)C)c1. The molecule has 94 valence electrons. The molecular weight excluding hydrogens is 228 g/mol. The van der Waals surface area contributed by atoms with Crippen molar-refractivity contribution in [3.63, 3.8) is 0 Å². The lowest BCUT2D eigenvalue weighted by Crippen LogP contribution is -2.14. The lowest BCUT2D eigenvalue weighted by atomic mass is 10.2. The summed E-state index contributed by atoms with van der Waals surface area (Å²) in [5, 5.41) is 9.41. The van der Waals surface area contributed by atoms with Crippen LogP contribution in [0.15, 0.2) is 30.5 Å². The molecule has 0 aliphatic carbocycles. The number of nitrogens with zero attached hydrogens (tertiary/aromatic N) is 2. The minimum absolute atomic E-state index is 0.147. The number of aryl methyl sites for hydroxylation is 1. The molecule has 5 heteroatoms. The second kappa shape index (κ2) is 4.91. The van der Waals surface area contributed by atoms with Crippen molar-refractivity contribution in [1.29, 1.82) is 0 Å². The number of aromatic amines is 1. The van der Waals surface area contributed by atoms with Crippen molar-refractivity contribution in [1.82, 2.24) is 10.2 Å². The number of anilines is 2. The first-order valence-corrected chi connectivity index (χ1v) is 5.66. The van der Waals surface area contributed by atoms with E-state index in [-0.39, 0.29) is 5.91 Å². The molecule has 1 heterocycles. The summed E-state index contributed by atoms with van der Waals surface area (Å²) in [6.07, 6.45) is 1.67. The number of benzene rings is 1. The van der Waals surface area contributed by atoms with E-state index in [2.05, 4.69) is 15.5 Å². The molecule has 1 aromatic carbocycles. The van der Waals surface area contributed by atoms with Gasteiger partial charge in [0.2, 0.25) is 0 Å². The molecule has 2 rings (SSSR count). The van der Waals surface area contributed by atoms with E-state index in [4.69, 9.17) is 0 Å². The number of amides is 1. The number of hydrogen-bond donors (Lipinski definition) is 2. The van der Waals surface area contributed by atoms with Crippen LogP contribution in [0.1, 0.15) is 15.9 Å². The molecule has 0 unspecified atom stereocenters. The summed E-state index contributed by atoms with van der Waals surface area (Å²) in [5.41, 5.74) is 2.52. The van der Waals surface area contributed by atoms with Gasteiger partial charge in [0.05, 0.1) is 6.20 Å². The van der Waals surface area contributed by atoms with Gasteiger partial charge in [-0.1, -0.05) is 6.07 Å². The van der Waals surface area contributed by atoms with E-state index in [1.165, 1.54) is 0 Å². The van der Waals surface area contributed by atoms with Crippen molar-refractivity contribution in [2.24, 2.45) is 0 Å². The third kappa shape index (κ3) is 2.51. The molecule has 0 radical (unpaired) electrons. The van der Waals surface area contributed by atoms with Crippen LogP contribution in [-0.2, 0) is 0 Å². The predicted molar refractivity (Wildman–Crippen MR) is 72.0 cm³/mol. The van der Waals surface area contributed by atoms with Crippen molar-refractivity contribution < 1.29 is 4.79 Å². The number of hydrogen-bond acceptors (Lipinski definition) is 3. The molecule has 0 fully saturated rings. The Labute approximate surface area is 106 Å². The molecule has 0 bridgehead atoms. The van der Waals surface area contributed by atoms with Gasteiger partial charge in [-0.25, -0.2) is 0 Å². The molecule has 0 aliphatic heterocycles. The van der Waals surface area contributed by atoms with E-state index >= 15 is 0 Å². The second-order valence-corrected chi connectivity index (χ2v) is 4.33. The zero-order chi connectivity index (χ0) is 13.1. The van der Waals surface area contributed by atoms with E-state index in [9.17, 15) is 4.79 Å².